The highest BCUT2D eigenvalue weighted by atomic mass is 16.3. The molecule has 0 aliphatic heterocycles. The summed E-state index contributed by atoms with van der Waals surface area (Å²) < 4.78 is 0. The van der Waals surface area contributed by atoms with Crippen LogP contribution >= 0.6 is 0 Å². The summed E-state index contributed by atoms with van der Waals surface area (Å²) in [7, 11) is 0. The molecule has 1 nitrogen and oxygen atoms in total. The fraction of sp³-hybridized carbons (Fsp3) is 0.143. The fourth-order valence-electron chi connectivity index (χ4n) is 0.523. The number of hydrogen-bond acceptors (Lipinski definition) is 1. The Morgan fingerprint density at radius 3 is 2.75 bits per heavy atom. The molecule has 1 aliphatic rings. The molecule has 0 amide bonds. The summed E-state index contributed by atoms with van der Waals surface area (Å²) in [6.45, 7) is 1.86. The highest BCUT2D eigenvalue weighted by Gasteiger charge is 1.87. The summed E-state index contributed by atoms with van der Waals surface area (Å²) >= 11 is 0. The third-order valence-electron chi connectivity index (χ3n) is 0.854. The smallest absolute Gasteiger partial charge is 0.124 e. The first kappa shape index (κ1) is 4.99. The van der Waals surface area contributed by atoms with Crippen LogP contribution in [0.1, 0.15) is 6.92 Å². The molecule has 1 heteroatoms. The van der Waals surface area contributed by atoms with Crippen LogP contribution in [0.15, 0.2) is 34.9 Å². The van der Waals surface area contributed by atoms with E-state index in [1.54, 1.807) is 6.08 Å². The average Bonchev–Trinajstić information content (AvgIpc) is 1.64. The third kappa shape index (κ3) is 0.913. The Labute approximate surface area is 48.0 Å². The molecule has 0 saturated heterocycles. The number of allylic oxidation sites excluding steroid dienone is 3. The van der Waals surface area contributed by atoms with Crippen molar-refractivity contribution in [2.75, 3.05) is 0 Å². The normalized spacial score (nSPS) is 15.6. The van der Waals surface area contributed by atoms with E-state index in [4.69, 9.17) is 5.11 Å². The van der Waals surface area contributed by atoms with Crippen LogP contribution in [-0.2, 0) is 0 Å². The van der Waals surface area contributed by atoms with Crippen LogP contribution in [0.5, 0.6) is 0 Å². The molecule has 0 atom stereocenters. The molecule has 0 bridgehead atoms. The summed E-state index contributed by atoms with van der Waals surface area (Å²) in [6, 6.07) is 0. The van der Waals surface area contributed by atoms with Gasteiger partial charge in [0, 0.05) is 11.6 Å². The molecule has 8 heavy (non-hydrogen) atoms. The van der Waals surface area contributed by atoms with Crippen molar-refractivity contribution < 1.29 is 5.11 Å². The van der Waals surface area contributed by atoms with Crippen molar-refractivity contribution in [2.24, 2.45) is 0 Å². The largest absolute Gasteiger partial charge is 0.507 e. The van der Waals surface area contributed by atoms with Gasteiger partial charge in [0.15, 0.2) is 0 Å². The lowest BCUT2D eigenvalue weighted by atomic mass is 10.2. The fourth-order valence-corrected chi connectivity index (χ4v) is 0.523. The van der Waals surface area contributed by atoms with Crippen molar-refractivity contribution in [2.45, 2.75) is 6.92 Å². The van der Waals surface area contributed by atoms with Gasteiger partial charge < -0.3 is 5.11 Å². The zero-order valence-corrected chi connectivity index (χ0v) is 4.60. The lowest BCUT2D eigenvalue weighted by Crippen LogP contribution is -1.76. The number of aliphatic hydroxyl groups is 1. The standard InChI is InChI=1S/C7H6O/c1-6-3-2-4-7(8)5-6/h4-5,8H,1H3. The number of rotatable bonds is 0. The van der Waals surface area contributed by atoms with E-state index in [1.165, 1.54) is 6.08 Å². The van der Waals surface area contributed by atoms with Gasteiger partial charge in [-0.3, -0.25) is 0 Å². The highest BCUT2D eigenvalue weighted by Crippen LogP contribution is 2.01. The van der Waals surface area contributed by atoms with E-state index in [9.17, 15) is 0 Å². The SMILES string of the molecule is CC1=C=C=CC(O)=C1. The van der Waals surface area contributed by atoms with Crippen LogP contribution in [-0.4, -0.2) is 5.11 Å². The van der Waals surface area contributed by atoms with Gasteiger partial charge in [0.2, 0.25) is 0 Å². The second-order valence-corrected chi connectivity index (χ2v) is 1.67. The maximum absolute atomic E-state index is 8.76. The lowest BCUT2D eigenvalue weighted by molar-refractivity contribution is 0.432. The Kier molecular flexibility index (Phi) is 1.09. The van der Waals surface area contributed by atoms with E-state index in [0.717, 1.165) is 5.57 Å². The van der Waals surface area contributed by atoms with Gasteiger partial charge in [-0.05, 0) is 13.0 Å². The molecule has 40 valence electrons. The first-order chi connectivity index (χ1) is 3.79. The van der Waals surface area contributed by atoms with Crippen molar-refractivity contribution in [1.29, 1.82) is 0 Å². The Morgan fingerprint density at radius 2 is 2.38 bits per heavy atom. The van der Waals surface area contributed by atoms with Crippen LogP contribution in [0.4, 0.5) is 0 Å². The molecular formula is C7H6O. The van der Waals surface area contributed by atoms with Gasteiger partial charge in [-0.15, -0.1) is 0 Å². The van der Waals surface area contributed by atoms with E-state index in [2.05, 4.69) is 11.5 Å². The molecule has 0 unspecified atom stereocenters. The molecule has 1 N–H and O–H groups in total. The van der Waals surface area contributed by atoms with Crippen molar-refractivity contribution >= 4 is 0 Å². The number of aliphatic hydroxyl groups excluding tert-OH is 1. The van der Waals surface area contributed by atoms with Gasteiger partial charge >= 0.3 is 0 Å². The second kappa shape index (κ2) is 1.75. The molecule has 0 aromatic carbocycles. The second-order valence-electron chi connectivity index (χ2n) is 1.67. The summed E-state index contributed by atoms with van der Waals surface area (Å²) in [5.74, 6) is 0.251. The summed E-state index contributed by atoms with van der Waals surface area (Å²) in [4.78, 5) is 0. The van der Waals surface area contributed by atoms with Crippen molar-refractivity contribution in [3.63, 3.8) is 0 Å². The first-order valence-corrected chi connectivity index (χ1v) is 2.38. The molecule has 0 fully saturated rings. The maximum Gasteiger partial charge on any atom is 0.124 e. The first-order valence-electron chi connectivity index (χ1n) is 2.38. The van der Waals surface area contributed by atoms with Crippen molar-refractivity contribution in [3.05, 3.63) is 34.9 Å². The Hall–Kier alpha value is -1.16. The zero-order valence-electron chi connectivity index (χ0n) is 4.60. The summed E-state index contributed by atoms with van der Waals surface area (Å²) in [5.41, 5.74) is 6.35. The minimum Gasteiger partial charge on any atom is -0.507 e. The maximum atomic E-state index is 8.76. The number of hydrogen-bond donors (Lipinski definition) is 1. The van der Waals surface area contributed by atoms with Crippen LogP contribution in [0.25, 0.3) is 0 Å². The highest BCUT2D eigenvalue weighted by molar-refractivity contribution is 5.27. The summed E-state index contributed by atoms with van der Waals surface area (Å²) in [5, 5.41) is 8.76. The molecule has 0 heterocycles. The van der Waals surface area contributed by atoms with Gasteiger partial charge in [0.25, 0.3) is 0 Å². The predicted molar refractivity (Wildman–Crippen MR) is 31.5 cm³/mol. The molecule has 1 rings (SSSR count). The molecule has 0 aromatic rings. The van der Waals surface area contributed by atoms with Crippen molar-refractivity contribution in [3.8, 4) is 0 Å². The topological polar surface area (TPSA) is 20.2 Å². The van der Waals surface area contributed by atoms with Crippen LogP contribution < -0.4 is 0 Å². The van der Waals surface area contributed by atoms with Crippen molar-refractivity contribution in [1.82, 2.24) is 0 Å². The van der Waals surface area contributed by atoms with E-state index < -0.39 is 0 Å². The molecule has 0 aromatic heterocycles. The van der Waals surface area contributed by atoms with E-state index >= 15 is 0 Å². The quantitative estimate of drug-likeness (QED) is 0.466. The van der Waals surface area contributed by atoms with Gasteiger partial charge in [-0.2, -0.15) is 0 Å². The van der Waals surface area contributed by atoms with E-state index in [1.807, 2.05) is 6.92 Å². The van der Waals surface area contributed by atoms with E-state index in [-0.39, 0.29) is 5.76 Å². The van der Waals surface area contributed by atoms with Crippen LogP contribution in [0.2, 0.25) is 0 Å². The Balaban J connectivity index is 3.10. The third-order valence-corrected chi connectivity index (χ3v) is 0.854. The van der Waals surface area contributed by atoms with Gasteiger partial charge in [0.1, 0.15) is 5.76 Å². The van der Waals surface area contributed by atoms with E-state index in [0.29, 0.717) is 0 Å². The monoisotopic (exact) mass is 106 g/mol. The average molecular weight is 106 g/mol. The predicted octanol–water partition coefficient (Wildman–Crippen LogP) is 1.70. The molecule has 0 radical (unpaired) electrons. The molecule has 0 spiro atoms. The van der Waals surface area contributed by atoms with Gasteiger partial charge in [-0.1, -0.05) is 11.5 Å². The van der Waals surface area contributed by atoms with Gasteiger partial charge in [0.05, 0.1) is 0 Å². The zero-order chi connectivity index (χ0) is 5.98. The molecular weight excluding hydrogens is 100 g/mol. The molecule has 0 saturated carbocycles. The summed E-state index contributed by atoms with van der Waals surface area (Å²) in [6.07, 6.45) is 3.11. The van der Waals surface area contributed by atoms with Gasteiger partial charge in [-0.25, -0.2) is 0 Å². The van der Waals surface area contributed by atoms with Crippen LogP contribution in [0, 0.1) is 0 Å². The minimum absolute atomic E-state index is 0.251. The Bertz CT molecular complexity index is 221. The molecule has 1 aliphatic carbocycles. The lowest BCUT2D eigenvalue weighted by Gasteiger charge is -1.89. The minimum atomic E-state index is 0.251. The van der Waals surface area contributed by atoms with Crippen LogP contribution in [0.3, 0.4) is 0 Å². The Morgan fingerprint density at radius 1 is 1.62 bits per heavy atom.